The van der Waals surface area contributed by atoms with Crippen molar-refractivity contribution in [2.45, 2.75) is 70.7 Å². The highest BCUT2D eigenvalue weighted by Crippen LogP contribution is 2.50. The Morgan fingerprint density at radius 3 is 2.52 bits per heavy atom. The van der Waals surface area contributed by atoms with Crippen LogP contribution >= 0.6 is 8.53 Å². The lowest BCUT2D eigenvalue weighted by Crippen LogP contribution is -2.42. The molecular weight excluding hydrogens is 427 g/mol. The molecule has 0 aromatic carbocycles. The Labute approximate surface area is 182 Å². The fourth-order valence-corrected chi connectivity index (χ4v) is 5.24. The normalized spacial score (nSPS) is 24.8. The topological polar surface area (TPSA) is 139 Å². The van der Waals surface area contributed by atoms with E-state index in [1.54, 1.807) is 0 Å². The van der Waals surface area contributed by atoms with Crippen LogP contribution in [-0.4, -0.2) is 70.0 Å². The van der Waals surface area contributed by atoms with Crippen LogP contribution < -0.4 is 11.2 Å². The number of nitriles is 1. The Morgan fingerprint density at radius 2 is 2.00 bits per heavy atom. The number of H-pyrrole nitrogens is 1. The van der Waals surface area contributed by atoms with Gasteiger partial charge in [0.05, 0.1) is 25.7 Å². The number of aromatic amines is 1. The van der Waals surface area contributed by atoms with Gasteiger partial charge in [0, 0.05) is 31.5 Å². The van der Waals surface area contributed by atoms with Gasteiger partial charge in [-0.3, -0.25) is 14.3 Å². The average Bonchev–Trinajstić information content (AvgIpc) is 3.04. The molecule has 2 heterocycles. The maximum absolute atomic E-state index is 12.4. The van der Waals surface area contributed by atoms with E-state index in [4.69, 9.17) is 23.8 Å². The van der Waals surface area contributed by atoms with Crippen molar-refractivity contribution in [1.29, 1.82) is 5.26 Å². The van der Waals surface area contributed by atoms with Crippen LogP contribution in [0.1, 0.15) is 40.3 Å². The van der Waals surface area contributed by atoms with Gasteiger partial charge in [0.1, 0.15) is 18.3 Å². The van der Waals surface area contributed by atoms with Crippen molar-refractivity contribution in [1.82, 2.24) is 14.2 Å². The number of aliphatic hydroxyl groups excluding tert-OH is 1. The Kier molecular flexibility index (Phi) is 9.78. The fourth-order valence-electron chi connectivity index (χ4n) is 3.50. The molecule has 0 amide bonds. The number of aliphatic hydroxyl groups is 1. The number of nitrogens with one attached hydrogen (secondary N) is 1. The third-order valence-electron chi connectivity index (χ3n) is 4.74. The Hall–Kier alpha value is -1.64. The number of hydrogen-bond donors (Lipinski definition) is 2. The zero-order valence-corrected chi connectivity index (χ0v) is 19.3. The van der Waals surface area contributed by atoms with E-state index in [0.29, 0.717) is 0 Å². The van der Waals surface area contributed by atoms with Gasteiger partial charge in [-0.1, -0.05) is 0 Å². The number of methoxy groups -OCH3 is 1. The van der Waals surface area contributed by atoms with Crippen molar-refractivity contribution in [2.24, 2.45) is 0 Å². The lowest BCUT2D eigenvalue weighted by atomic mass is 10.1. The fraction of sp³-hybridized carbons (Fsp3) is 0.737. The van der Waals surface area contributed by atoms with Gasteiger partial charge in [0.15, 0.2) is 6.23 Å². The van der Waals surface area contributed by atoms with Crippen molar-refractivity contribution in [2.75, 3.05) is 20.3 Å². The van der Waals surface area contributed by atoms with Gasteiger partial charge in [-0.05, 0) is 27.7 Å². The van der Waals surface area contributed by atoms with E-state index in [1.807, 2.05) is 38.4 Å². The number of ether oxygens (including phenoxy) is 2. The number of rotatable bonds is 11. The zero-order chi connectivity index (χ0) is 23.1. The smallest absolute Gasteiger partial charge is 0.330 e. The lowest BCUT2D eigenvalue weighted by Gasteiger charge is -2.38. The summed E-state index contributed by atoms with van der Waals surface area (Å²) in [6.45, 7) is 7.85. The molecule has 11 nitrogen and oxygen atoms in total. The molecule has 1 aromatic heterocycles. The van der Waals surface area contributed by atoms with E-state index in [-0.39, 0.29) is 31.7 Å². The summed E-state index contributed by atoms with van der Waals surface area (Å²) in [7, 11) is -0.197. The van der Waals surface area contributed by atoms with Crippen molar-refractivity contribution < 1.29 is 23.6 Å². The van der Waals surface area contributed by atoms with Gasteiger partial charge in [0.25, 0.3) is 14.1 Å². The van der Waals surface area contributed by atoms with E-state index in [2.05, 4.69) is 4.98 Å². The first-order chi connectivity index (χ1) is 14.7. The molecule has 1 unspecified atom stereocenters. The van der Waals surface area contributed by atoms with E-state index in [0.717, 1.165) is 0 Å². The molecule has 1 aliphatic rings. The lowest BCUT2D eigenvalue weighted by molar-refractivity contribution is -0.0561. The number of aromatic nitrogens is 2. The highest BCUT2D eigenvalue weighted by Gasteiger charge is 2.49. The Morgan fingerprint density at radius 1 is 1.32 bits per heavy atom. The standard InChI is InChI=1S/C19H31N4O7P/c1-12(2)23(13(3)4)31(28-10-6-8-20)30-17-16(27-5)14(11-24)29-18(17)22-9-7-15(25)21-19(22)26/h7,9,12-14,16-18,24H,6,10-11H2,1-5H3,(H,21,25,26)/t14-,16-,17-,18-,31?/m1/s1. The second kappa shape index (κ2) is 11.8. The quantitative estimate of drug-likeness (QED) is 0.369. The molecule has 1 aromatic rings. The van der Waals surface area contributed by atoms with Gasteiger partial charge in [0.2, 0.25) is 0 Å². The van der Waals surface area contributed by atoms with Crippen LogP contribution in [0.5, 0.6) is 0 Å². The first-order valence-electron chi connectivity index (χ1n) is 10.1. The molecule has 5 atom stereocenters. The van der Waals surface area contributed by atoms with Crippen molar-refractivity contribution in [3.8, 4) is 6.07 Å². The SMILES string of the molecule is CO[C@H]1[C@@H](OP(OCCC#N)N(C(C)C)C(C)C)[C@H](n2ccc(=O)[nH]c2=O)O[C@@H]1CO. The molecule has 31 heavy (non-hydrogen) atoms. The third-order valence-corrected chi connectivity index (χ3v) is 6.87. The monoisotopic (exact) mass is 458 g/mol. The summed E-state index contributed by atoms with van der Waals surface area (Å²) in [6, 6.07) is 3.39. The van der Waals surface area contributed by atoms with Gasteiger partial charge in [-0.15, -0.1) is 0 Å². The summed E-state index contributed by atoms with van der Waals surface area (Å²) in [5.74, 6) is 0. The summed E-state index contributed by atoms with van der Waals surface area (Å²) in [4.78, 5) is 26.1. The number of nitrogens with zero attached hydrogens (tertiary/aromatic N) is 3. The van der Waals surface area contributed by atoms with E-state index >= 15 is 0 Å². The molecule has 1 aliphatic heterocycles. The largest absolute Gasteiger partial charge is 0.394 e. The third kappa shape index (κ3) is 6.20. The van der Waals surface area contributed by atoms with Crippen molar-refractivity contribution in [3.05, 3.63) is 33.1 Å². The summed E-state index contributed by atoms with van der Waals surface area (Å²) in [5.41, 5.74) is -1.20. The van der Waals surface area contributed by atoms with Gasteiger partial charge in [-0.25, -0.2) is 9.46 Å². The van der Waals surface area contributed by atoms with Crippen molar-refractivity contribution in [3.63, 3.8) is 0 Å². The van der Waals surface area contributed by atoms with Crippen LogP contribution in [-0.2, 0) is 18.5 Å². The summed E-state index contributed by atoms with van der Waals surface area (Å²) in [5, 5.41) is 18.7. The molecule has 0 aliphatic carbocycles. The molecule has 1 fully saturated rings. The van der Waals surface area contributed by atoms with Crippen LogP contribution in [0.25, 0.3) is 0 Å². The molecule has 0 spiro atoms. The second-order valence-corrected chi connectivity index (χ2v) is 8.99. The van der Waals surface area contributed by atoms with Gasteiger partial charge in [-0.2, -0.15) is 5.26 Å². The summed E-state index contributed by atoms with van der Waals surface area (Å²) >= 11 is 0. The number of hydrogen-bond acceptors (Lipinski definition) is 9. The minimum Gasteiger partial charge on any atom is -0.394 e. The maximum Gasteiger partial charge on any atom is 0.330 e. The highest BCUT2D eigenvalue weighted by atomic mass is 31.2. The molecule has 0 radical (unpaired) electrons. The van der Waals surface area contributed by atoms with E-state index in [1.165, 1.54) is 23.9 Å². The maximum atomic E-state index is 12.4. The molecule has 12 heteroatoms. The minimum atomic E-state index is -1.66. The summed E-state index contributed by atoms with van der Waals surface area (Å²) in [6.07, 6.45) is -1.71. The molecule has 2 N–H and O–H groups in total. The second-order valence-electron chi connectivity index (χ2n) is 7.58. The van der Waals surface area contributed by atoms with E-state index in [9.17, 15) is 14.7 Å². The minimum absolute atomic E-state index is 0.0689. The van der Waals surface area contributed by atoms with Crippen LogP contribution in [0.2, 0.25) is 0 Å². The molecule has 174 valence electrons. The average molecular weight is 458 g/mol. The zero-order valence-electron chi connectivity index (χ0n) is 18.4. The molecular formula is C19H31N4O7P. The summed E-state index contributed by atoms with van der Waals surface area (Å²) < 4.78 is 27.0. The van der Waals surface area contributed by atoms with Gasteiger partial charge < -0.3 is 23.6 Å². The van der Waals surface area contributed by atoms with Crippen molar-refractivity contribution >= 4 is 8.53 Å². The Balaban J connectivity index is 2.43. The molecule has 0 saturated carbocycles. The van der Waals surface area contributed by atoms with E-state index < -0.39 is 44.3 Å². The van der Waals surface area contributed by atoms with Gasteiger partial charge >= 0.3 is 5.69 Å². The highest BCUT2D eigenvalue weighted by molar-refractivity contribution is 7.44. The van der Waals surface area contributed by atoms with Crippen LogP contribution in [0.4, 0.5) is 0 Å². The van der Waals surface area contributed by atoms with Crippen LogP contribution in [0, 0.1) is 11.3 Å². The molecule has 0 bridgehead atoms. The molecule has 2 rings (SSSR count). The predicted molar refractivity (Wildman–Crippen MR) is 113 cm³/mol. The molecule has 1 saturated heterocycles. The first kappa shape index (κ1) is 25.6. The Bertz CT molecular complexity index is 845. The van der Waals surface area contributed by atoms with Crippen LogP contribution in [0.3, 0.4) is 0 Å². The van der Waals surface area contributed by atoms with Crippen LogP contribution in [0.15, 0.2) is 21.9 Å². The predicted octanol–water partition coefficient (Wildman–Crippen LogP) is 1.10. The first-order valence-corrected chi connectivity index (χ1v) is 11.2.